The van der Waals surface area contributed by atoms with Crippen LogP contribution in [0.3, 0.4) is 0 Å². The maximum atomic E-state index is 12.4. The van der Waals surface area contributed by atoms with Gasteiger partial charge in [-0.3, -0.25) is 4.79 Å². The number of hydrogen-bond donors (Lipinski definition) is 2. The van der Waals surface area contributed by atoms with Gasteiger partial charge in [0.15, 0.2) is 0 Å². The summed E-state index contributed by atoms with van der Waals surface area (Å²) in [7, 11) is 0. The Balaban J connectivity index is 1.74. The number of hydrogen-bond acceptors (Lipinski definition) is 5. The second-order valence-electron chi connectivity index (χ2n) is 5.44. The van der Waals surface area contributed by atoms with Crippen LogP contribution < -0.4 is 5.32 Å². The zero-order valence-electron chi connectivity index (χ0n) is 12.8. The number of nitrogens with one attached hydrogen (secondary N) is 1. The summed E-state index contributed by atoms with van der Waals surface area (Å²) in [5.74, 6) is -1.21. The number of aromatic nitrogens is 1. The molecule has 2 N–H and O–H groups in total. The van der Waals surface area contributed by atoms with Crippen LogP contribution in [0.2, 0.25) is 0 Å². The van der Waals surface area contributed by atoms with Crippen LogP contribution in [0.15, 0.2) is 18.2 Å². The number of nitrogens with zero attached hydrogens (tertiary/aromatic N) is 1. The lowest BCUT2D eigenvalue weighted by Crippen LogP contribution is -2.26. The molecule has 3 rings (SSSR count). The minimum Gasteiger partial charge on any atom is -0.477 e. The highest BCUT2D eigenvalue weighted by Crippen LogP contribution is 2.25. The Morgan fingerprint density at radius 1 is 1.35 bits per heavy atom. The highest BCUT2D eigenvalue weighted by atomic mass is 32.1. The highest BCUT2D eigenvalue weighted by Gasteiger charge is 2.20. The van der Waals surface area contributed by atoms with Crippen molar-refractivity contribution in [2.75, 3.05) is 0 Å². The van der Waals surface area contributed by atoms with Gasteiger partial charge in [-0.05, 0) is 37.1 Å². The normalized spacial score (nSPS) is 14.3. The van der Waals surface area contributed by atoms with Crippen molar-refractivity contribution < 1.29 is 19.4 Å². The molecule has 2 aromatic rings. The topological polar surface area (TPSA) is 88.5 Å². The summed E-state index contributed by atoms with van der Waals surface area (Å²) in [5, 5.41) is 12.5. The molecule has 1 aliphatic heterocycles. The number of carbonyl (C=O) groups is 2. The van der Waals surface area contributed by atoms with Crippen molar-refractivity contribution in [3.8, 4) is 0 Å². The Kier molecular flexibility index (Phi) is 4.14. The Hall–Kier alpha value is -2.25. The molecular weight excluding hydrogens is 316 g/mol. The number of ether oxygens (including phenoxy) is 1. The molecule has 1 aliphatic rings. The van der Waals surface area contributed by atoms with E-state index in [1.165, 1.54) is 0 Å². The second-order valence-corrected chi connectivity index (χ2v) is 6.47. The van der Waals surface area contributed by atoms with Gasteiger partial charge in [0.2, 0.25) is 0 Å². The van der Waals surface area contributed by atoms with E-state index < -0.39 is 5.97 Å². The van der Waals surface area contributed by atoms with E-state index in [4.69, 9.17) is 9.84 Å². The zero-order valence-corrected chi connectivity index (χ0v) is 13.6. The number of carbonyl (C=O) groups excluding carboxylic acids is 1. The van der Waals surface area contributed by atoms with Gasteiger partial charge >= 0.3 is 5.97 Å². The largest absolute Gasteiger partial charge is 0.477 e. The van der Waals surface area contributed by atoms with Crippen molar-refractivity contribution in [1.82, 2.24) is 10.3 Å². The standard InChI is InChI=1S/C16H16N2O4S/c1-8-13(16(20)21)23-15(18-8)9(2)17-14(19)10-3-4-11-6-22-7-12(11)5-10/h3-5,9H,6-7H2,1-2H3,(H,17,19)(H,20,21). The third kappa shape index (κ3) is 3.11. The highest BCUT2D eigenvalue weighted by molar-refractivity contribution is 7.13. The van der Waals surface area contributed by atoms with Gasteiger partial charge in [0.1, 0.15) is 9.88 Å². The predicted molar refractivity (Wildman–Crippen MR) is 84.6 cm³/mol. The Bertz CT molecular complexity index is 784. The molecule has 1 amide bonds. The van der Waals surface area contributed by atoms with Crippen LogP contribution in [-0.4, -0.2) is 22.0 Å². The van der Waals surface area contributed by atoms with E-state index in [1.807, 2.05) is 12.1 Å². The van der Waals surface area contributed by atoms with Crippen molar-refractivity contribution in [2.45, 2.75) is 33.1 Å². The van der Waals surface area contributed by atoms with Crippen LogP contribution in [0.4, 0.5) is 0 Å². The molecule has 7 heteroatoms. The quantitative estimate of drug-likeness (QED) is 0.898. The lowest BCUT2D eigenvalue weighted by Gasteiger charge is -2.11. The molecule has 6 nitrogen and oxygen atoms in total. The lowest BCUT2D eigenvalue weighted by molar-refractivity contribution is 0.0701. The number of fused-ring (bicyclic) bond motifs is 1. The number of aryl methyl sites for hydroxylation is 1. The SMILES string of the molecule is Cc1nc(C(C)NC(=O)c2ccc3c(c2)COC3)sc1C(=O)O. The average Bonchev–Trinajstić information content (AvgIpc) is 3.12. The minimum absolute atomic E-state index is 0.204. The molecule has 120 valence electrons. The molecule has 0 aliphatic carbocycles. The summed E-state index contributed by atoms with van der Waals surface area (Å²) in [6.45, 7) is 4.56. The molecule has 0 spiro atoms. The van der Waals surface area contributed by atoms with Gasteiger partial charge in [0, 0.05) is 5.56 Å². The van der Waals surface area contributed by atoms with E-state index in [-0.39, 0.29) is 16.8 Å². The summed E-state index contributed by atoms with van der Waals surface area (Å²) in [6, 6.07) is 5.15. The third-order valence-corrected chi connectivity index (χ3v) is 5.04. The molecule has 0 saturated heterocycles. The fraction of sp³-hybridized carbons (Fsp3) is 0.312. The van der Waals surface area contributed by atoms with Gasteiger partial charge in [-0.1, -0.05) is 6.07 Å². The smallest absolute Gasteiger partial charge is 0.347 e. The fourth-order valence-electron chi connectivity index (χ4n) is 2.46. The number of rotatable bonds is 4. The van der Waals surface area contributed by atoms with E-state index in [0.29, 0.717) is 29.5 Å². The molecular formula is C16H16N2O4S. The van der Waals surface area contributed by atoms with Crippen molar-refractivity contribution in [2.24, 2.45) is 0 Å². The summed E-state index contributed by atoms with van der Waals surface area (Å²) >= 11 is 1.09. The zero-order chi connectivity index (χ0) is 16.6. The molecule has 1 unspecified atom stereocenters. The van der Waals surface area contributed by atoms with Gasteiger partial charge in [-0.2, -0.15) is 0 Å². The Morgan fingerprint density at radius 3 is 2.78 bits per heavy atom. The van der Waals surface area contributed by atoms with E-state index in [1.54, 1.807) is 19.9 Å². The number of aromatic carboxylic acids is 1. The number of carboxylic acids is 1. The summed E-state index contributed by atoms with van der Waals surface area (Å²) in [5.41, 5.74) is 3.17. The number of amides is 1. The van der Waals surface area contributed by atoms with Crippen molar-refractivity contribution in [3.05, 3.63) is 50.5 Å². The van der Waals surface area contributed by atoms with Gasteiger partial charge in [-0.15, -0.1) is 11.3 Å². The van der Waals surface area contributed by atoms with Gasteiger partial charge < -0.3 is 15.2 Å². The molecule has 1 aromatic heterocycles. The average molecular weight is 332 g/mol. The fourth-order valence-corrected chi connectivity index (χ4v) is 3.36. The summed E-state index contributed by atoms with van der Waals surface area (Å²) in [6.07, 6.45) is 0. The van der Waals surface area contributed by atoms with Crippen LogP contribution in [0.5, 0.6) is 0 Å². The van der Waals surface area contributed by atoms with Crippen molar-refractivity contribution in [1.29, 1.82) is 0 Å². The first-order valence-corrected chi connectivity index (χ1v) is 7.98. The van der Waals surface area contributed by atoms with Gasteiger partial charge in [-0.25, -0.2) is 9.78 Å². The van der Waals surface area contributed by atoms with Gasteiger partial charge in [0.25, 0.3) is 5.91 Å². The van der Waals surface area contributed by atoms with Crippen LogP contribution in [0.1, 0.15) is 54.8 Å². The molecule has 1 aromatic carbocycles. The van der Waals surface area contributed by atoms with E-state index in [0.717, 1.165) is 22.5 Å². The molecule has 2 heterocycles. The maximum Gasteiger partial charge on any atom is 0.347 e. The lowest BCUT2D eigenvalue weighted by atomic mass is 10.1. The minimum atomic E-state index is -0.997. The first kappa shape index (κ1) is 15.6. The number of thiazole rings is 1. The monoisotopic (exact) mass is 332 g/mol. The van der Waals surface area contributed by atoms with Crippen molar-refractivity contribution >= 4 is 23.2 Å². The molecule has 0 bridgehead atoms. The van der Waals surface area contributed by atoms with Crippen LogP contribution >= 0.6 is 11.3 Å². The molecule has 0 saturated carbocycles. The Morgan fingerprint density at radius 2 is 2.09 bits per heavy atom. The molecule has 0 radical (unpaired) electrons. The van der Waals surface area contributed by atoms with E-state index >= 15 is 0 Å². The maximum absolute atomic E-state index is 12.4. The predicted octanol–water partition coefficient (Wildman–Crippen LogP) is 2.67. The first-order chi connectivity index (χ1) is 11.0. The van der Waals surface area contributed by atoms with E-state index in [9.17, 15) is 9.59 Å². The third-order valence-electron chi connectivity index (χ3n) is 3.71. The molecule has 1 atom stereocenters. The molecule has 0 fully saturated rings. The van der Waals surface area contributed by atoms with Crippen LogP contribution in [0, 0.1) is 6.92 Å². The summed E-state index contributed by atoms with van der Waals surface area (Å²) < 4.78 is 5.34. The second kappa shape index (κ2) is 6.10. The summed E-state index contributed by atoms with van der Waals surface area (Å²) in [4.78, 5) is 27.9. The van der Waals surface area contributed by atoms with Crippen molar-refractivity contribution in [3.63, 3.8) is 0 Å². The van der Waals surface area contributed by atoms with E-state index in [2.05, 4.69) is 10.3 Å². The molecule has 23 heavy (non-hydrogen) atoms. The first-order valence-electron chi connectivity index (χ1n) is 7.16. The number of carboxylic acid groups (broad SMARTS) is 1. The van der Waals surface area contributed by atoms with Crippen LogP contribution in [-0.2, 0) is 18.0 Å². The van der Waals surface area contributed by atoms with Gasteiger partial charge in [0.05, 0.1) is 24.9 Å². The van der Waals surface area contributed by atoms with Crippen LogP contribution in [0.25, 0.3) is 0 Å². The Labute approximate surface area is 137 Å². The number of benzene rings is 1.